The zero-order valence-electron chi connectivity index (χ0n) is 11.9. The number of Topliss-reactive ketones (excluding diaryl/α,β-unsaturated/α-hetero) is 2. The predicted molar refractivity (Wildman–Crippen MR) is 85.5 cm³/mol. The van der Waals surface area contributed by atoms with Crippen LogP contribution in [0.5, 0.6) is 0 Å². The van der Waals surface area contributed by atoms with E-state index in [1.54, 1.807) is 0 Å². The van der Waals surface area contributed by atoms with E-state index in [-0.39, 0.29) is 18.0 Å². The first kappa shape index (κ1) is 13.5. The standard InChI is InChI=1S/C19H16O2/c1-13(20)11-16(21)12-15-6-4-8-19-17-7-3-2-5-14(17)9-10-18(15)19/h2-10H,11-12H2,1H3. The first-order chi connectivity index (χ1) is 10.1. The van der Waals surface area contributed by atoms with Gasteiger partial charge >= 0.3 is 0 Å². The van der Waals surface area contributed by atoms with E-state index in [2.05, 4.69) is 30.3 Å². The highest BCUT2D eigenvalue weighted by molar-refractivity contribution is 6.09. The lowest BCUT2D eigenvalue weighted by molar-refractivity contribution is -0.125. The van der Waals surface area contributed by atoms with Crippen LogP contribution in [0.3, 0.4) is 0 Å². The third-order valence-electron chi connectivity index (χ3n) is 3.71. The zero-order valence-corrected chi connectivity index (χ0v) is 11.9. The van der Waals surface area contributed by atoms with Crippen LogP contribution in [-0.4, -0.2) is 11.6 Å². The molecule has 0 unspecified atom stereocenters. The highest BCUT2D eigenvalue weighted by Crippen LogP contribution is 2.28. The normalized spacial score (nSPS) is 10.9. The van der Waals surface area contributed by atoms with E-state index in [0.29, 0.717) is 6.42 Å². The molecule has 104 valence electrons. The van der Waals surface area contributed by atoms with Crippen LogP contribution in [0.15, 0.2) is 54.6 Å². The highest BCUT2D eigenvalue weighted by Gasteiger charge is 2.10. The molecule has 0 heterocycles. The molecule has 0 radical (unpaired) electrons. The number of benzene rings is 3. The summed E-state index contributed by atoms with van der Waals surface area (Å²) in [5.74, 6) is -0.103. The zero-order chi connectivity index (χ0) is 14.8. The fourth-order valence-electron chi connectivity index (χ4n) is 2.81. The Bertz CT molecular complexity index is 846. The van der Waals surface area contributed by atoms with Crippen molar-refractivity contribution in [3.8, 4) is 0 Å². The van der Waals surface area contributed by atoms with Gasteiger partial charge in [-0.1, -0.05) is 54.6 Å². The second kappa shape index (κ2) is 5.49. The van der Waals surface area contributed by atoms with Crippen molar-refractivity contribution in [2.45, 2.75) is 19.8 Å². The molecule has 0 aliphatic rings. The van der Waals surface area contributed by atoms with Crippen LogP contribution in [0, 0.1) is 0 Å². The summed E-state index contributed by atoms with van der Waals surface area (Å²) < 4.78 is 0. The number of hydrogen-bond donors (Lipinski definition) is 0. The minimum absolute atomic E-state index is 0.0178. The number of rotatable bonds is 4. The number of hydrogen-bond acceptors (Lipinski definition) is 2. The fourth-order valence-corrected chi connectivity index (χ4v) is 2.81. The molecule has 0 atom stereocenters. The van der Waals surface area contributed by atoms with Crippen LogP contribution in [-0.2, 0) is 16.0 Å². The maximum absolute atomic E-state index is 11.9. The molecule has 0 saturated heterocycles. The predicted octanol–water partition coefficient (Wildman–Crippen LogP) is 4.08. The summed E-state index contributed by atoms with van der Waals surface area (Å²) in [5, 5.41) is 4.63. The number of carbonyl (C=O) groups excluding carboxylic acids is 2. The smallest absolute Gasteiger partial charge is 0.144 e. The molecule has 3 rings (SSSR count). The quantitative estimate of drug-likeness (QED) is 0.531. The van der Waals surface area contributed by atoms with E-state index in [4.69, 9.17) is 0 Å². The maximum Gasteiger partial charge on any atom is 0.144 e. The molecule has 0 amide bonds. The first-order valence-electron chi connectivity index (χ1n) is 7.05. The van der Waals surface area contributed by atoms with Gasteiger partial charge in [-0.2, -0.15) is 0 Å². The summed E-state index contributed by atoms with van der Waals surface area (Å²) in [7, 11) is 0. The molecule has 0 fully saturated rings. The van der Waals surface area contributed by atoms with Crippen molar-refractivity contribution in [3.05, 3.63) is 60.2 Å². The average Bonchev–Trinajstić information content (AvgIpc) is 2.46. The van der Waals surface area contributed by atoms with Crippen molar-refractivity contribution in [2.24, 2.45) is 0 Å². The number of carbonyl (C=O) groups is 2. The molecular formula is C19H16O2. The monoisotopic (exact) mass is 276 g/mol. The lowest BCUT2D eigenvalue weighted by atomic mass is 9.95. The van der Waals surface area contributed by atoms with Crippen LogP contribution in [0.2, 0.25) is 0 Å². The van der Waals surface area contributed by atoms with Crippen LogP contribution < -0.4 is 0 Å². The van der Waals surface area contributed by atoms with Crippen LogP contribution >= 0.6 is 0 Å². The van der Waals surface area contributed by atoms with Gasteiger partial charge in [0.05, 0.1) is 6.42 Å². The van der Waals surface area contributed by atoms with E-state index in [1.165, 1.54) is 17.7 Å². The van der Waals surface area contributed by atoms with Gasteiger partial charge in [0, 0.05) is 6.42 Å². The Morgan fingerprint density at radius 3 is 2.38 bits per heavy atom. The van der Waals surface area contributed by atoms with Gasteiger partial charge in [-0.15, -0.1) is 0 Å². The highest BCUT2D eigenvalue weighted by atomic mass is 16.1. The second-order valence-corrected chi connectivity index (χ2v) is 5.39. The summed E-state index contributed by atoms with van der Waals surface area (Å²) in [6.45, 7) is 1.45. The van der Waals surface area contributed by atoms with Crippen molar-refractivity contribution in [1.29, 1.82) is 0 Å². The van der Waals surface area contributed by atoms with E-state index in [0.717, 1.165) is 16.3 Å². The Morgan fingerprint density at radius 2 is 1.57 bits per heavy atom. The van der Waals surface area contributed by atoms with Gasteiger partial charge in [0.25, 0.3) is 0 Å². The summed E-state index contributed by atoms with van der Waals surface area (Å²) in [4.78, 5) is 23.0. The number of ketones is 2. The lowest BCUT2D eigenvalue weighted by Crippen LogP contribution is -2.07. The molecule has 0 aliphatic carbocycles. The Hall–Kier alpha value is -2.48. The third-order valence-corrected chi connectivity index (χ3v) is 3.71. The molecule has 21 heavy (non-hydrogen) atoms. The topological polar surface area (TPSA) is 34.1 Å². The van der Waals surface area contributed by atoms with Crippen molar-refractivity contribution in [3.63, 3.8) is 0 Å². The van der Waals surface area contributed by atoms with Crippen LogP contribution in [0.1, 0.15) is 18.9 Å². The third kappa shape index (κ3) is 2.70. The van der Waals surface area contributed by atoms with Gasteiger partial charge in [0.1, 0.15) is 11.6 Å². The molecule has 3 aromatic carbocycles. The average molecular weight is 276 g/mol. The van der Waals surface area contributed by atoms with Gasteiger partial charge in [-0.25, -0.2) is 0 Å². The summed E-state index contributed by atoms with van der Waals surface area (Å²) >= 11 is 0. The summed E-state index contributed by atoms with van der Waals surface area (Å²) in [6, 6.07) is 18.4. The SMILES string of the molecule is CC(=O)CC(=O)Cc1cccc2c1ccc1ccccc12. The number of fused-ring (bicyclic) bond motifs is 3. The Balaban J connectivity index is 2.10. The second-order valence-electron chi connectivity index (χ2n) is 5.39. The van der Waals surface area contributed by atoms with E-state index >= 15 is 0 Å². The van der Waals surface area contributed by atoms with Crippen molar-refractivity contribution >= 4 is 33.1 Å². The molecule has 2 nitrogen and oxygen atoms in total. The minimum Gasteiger partial charge on any atom is -0.300 e. The summed E-state index contributed by atoms with van der Waals surface area (Å²) in [6.07, 6.45) is 0.333. The van der Waals surface area contributed by atoms with Crippen molar-refractivity contribution in [1.82, 2.24) is 0 Å². The summed E-state index contributed by atoms with van der Waals surface area (Å²) in [5.41, 5.74) is 0.990. The van der Waals surface area contributed by atoms with Gasteiger partial charge < -0.3 is 0 Å². The molecule has 0 aliphatic heterocycles. The van der Waals surface area contributed by atoms with E-state index in [9.17, 15) is 9.59 Å². The molecule has 0 aromatic heterocycles. The van der Waals surface area contributed by atoms with Crippen molar-refractivity contribution < 1.29 is 9.59 Å². The Kier molecular flexibility index (Phi) is 3.53. The van der Waals surface area contributed by atoms with E-state index in [1.807, 2.05) is 24.3 Å². The fraction of sp³-hybridized carbons (Fsp3) is 0.158. The molecular weight excluding hydrogens is 260 g/mol. The van der Waals surface area contributed by atoms with Crippen molar-refractivity contribution in [2.75, 3.05) is 0 Å². The molecule has 0 spiro atoms. The Labute approximate surface area is 123 Å². The van der Waals surface area contributed by atoms with Crippen LogP contribution in [0.4, 0.5) is 0 Å². The van der Waals surface area contributed by atoms with Gasteiger partial charge in [0.2, 0.25) is 0 Å². The first-order valence-corrected chi connectivity index (χ1v) is 7.05. The van der Waals surface area contributed by atoms with E-state index < -0.39 is 0 Å². The van der Waals surface area contributed by atoms with Gasteiger partial charge in [0.15, 0.2) is 0 Å². The Morgan fingerprint density at radius 1 is 0.810 bits per heavy atom. The molecule has 0 saturated carbocycles. The molecule has 2 heteroatoms. The lowest BCUT2D eigenvalue weighted by Gasteiger charge is -2.08. The van der Waals surface area contributed by atoms with Gasteiger partial charge in [-0.05, 0) is 34.0 Å². The minimum atomic E-state index is -0.0781. The molecule has 0 bridgehead atoms. The molecule has 3 aromatic rings. The largest absolute Gasteiger partial charge is 0.300 e. The van der Waals surface area contributed by atoms with Gasteiger partial charge in [-0.3, -0.25) is 9.59 Å². The maximum atomic E-state index is 11.9. The van der Waals surface area contributed by atoms with Crippen LogP contribution in [0.25, 0.3) is 21.5 Å². The molecule has 0 N–H and O–H groups in total.